The Morgan fingerprint density at radius 2 is 1.83 bits per heavy atom. The fraction of sp³-hybridized carbons (Fsp3) is 0.526. The summed E-state index contributed by atoms with van der Waals surface area (Å²) in [6, 6.07) is 6.74. The van der Waals surface area contributed by atoms with Gasteiger partial charge in [0.25, 0.3) is 0 Å². The quantitative estimate of drug-likeness (QED) is 0.938. The van der Waals surface area contributed by atoms with Gasteiger partial charge in [0.1, 0.15) is 5.82 Å². The molecular weight excluding hydrogens is 284 g/mol. The van der Waals surface area contributed by atoms with Crippen LogP contribution in [0.5, 0.6) is 0 Å². The number of aromatic nitrogens is 3. The minimum atomic E-state index is 0.658. The van der Waals surface area contributed by atoms with Crippen molar-refractivity contribution in [1.29, 1.82) is 0 Å². The second-order valence-electron chi connectivity index (χ2n) is 7.32. The molecule has 0 amide bonds. The number of aryl methyl sites for hydroxylation is 1. The lowest BCUT2D eigenvalue weighted by Crippen LogP contribution is -2.14. The molecular formula is C19H22N4. The van der Waals surface area contributed by atoms with Crippen molar-refractivity contribution in [2.24, 2.45) is 23.7 Å². The number of anilines is 1. The van der Waals surface area contributed by atoms with Crippen LogP contribution in [0.2, 0.25) is 0 Å². The summed E-state index contributed by atoms with van der Waals surface area (Å²) in [5, 5.41) is 3.74. The molecule has 5 rings (SSSR count). The molecule has 4 nitrogen and oxygen atoms in total. The highest BCUT2D eigenvalue weighted by Crippen LogP contribution is 2.66. The van der Waals surface area contributed by atoms with Crippen molar-refractivity contribution in [1.82, 2.24) is 15.0 Å². The molecule has 4 heteroatoms. The zero-order valence-electron chi connectivity index (χ0n) is 13.4. The maximum atomic E-state index is 4.78. The minimum absolute atomic E-state index is 0.658. The summed E-state index contributed by atoms with van der Waals surface area (Å²) in [6.07, 6.45) is 8.92. The van der Waals surface area contributed by atoms with E-state index in [2.05, 4.69) is 28.3 Å². The molecule has 2 bridgehead atoms. The minimum Gasteiger partial charge on any atom is -0.367 e. The third kappa shape index (κ3) is 2.15. The molecule has 3 fully saturated rings. The van der Waals surface area contributed by atoms with Gasteiger partial charge in [0.15, 0.2) is 5.82 Å². The van der Waals surface area contributed by atoms with Gasteiger partial charge in [-0.2, -0.15) is 0 Å². The van der Waals surface area contributed by atoms with Crippen LogP contribution in [0.1, 0.15) is 31.9 Å². The first-order chi connectivity index (χ1) is 11.3. The molecule has 1 N–H and O–H groups in total. The van der Waals surface area contributed by atoms with Crippen LogP contribution in [0.4, 0.5) is 5.82 Å². The molecule has 3 saturated carbocycles. The molecule has 0 saturated heterocycles. The Hall–Kier alpha value is -1.97. The van der Waals surface area contributed by atoms with Gasteiger partial charge < -0.3 is 5.32 Å². The van der Waals surface area contributed by atoms with E-state index in [1.807, 2.05) is 12.1 Å². The smallest absolute Gasteiger partial charge is 0.161 e. The maximum absolute atomic E-state index is 4.78. The standard InChI is InChI=1S/C19H22N4/c1-2-14-10-15(23-19(21-14)11-5-7-20-8-6-11)22-18-16-12-3-4-13(9-12)17(16)18/h5-8,10,12-13,16-18H,2-4,9H2,1H3,(H,21,22,23). The molecule has 0 radical (unpaired) electrons. The monoisotopic (exact) mass is 306 g/mol. The van der Waals surface area contributed by atoms with E-state index < -0.39 is 0 Å². The van der Waals surface area contributed by atoms with Gasteiger partial charge in [-0.25, -0.2) is 9.97 Å². The van der Waals surface area contributed by atoms with Crippen molar-refractivity contribution in [3.8, 4) is 11.4 Å². The molecule has 4 unspecified atom stereocenters. The summed E-state index contributed by atoms with van der Waals surface area (Å²) in [4.78, 5) is 13.6. The Morgan fingerprint density at radius 3 is 2.52 bits per heavy atom. The number of nitrogens with one attached hydrogen (secondary N) is 1. The number of pyridine rings is 1. The topological polar surface area (TPSA) is 50.7 Å². The van der Waals surface area contributed by atoms with Gasteiger partial charge in [-0.1, -0.05) is 6.92 Å². The summed E-state index contributed by atoms with van der Waals surface area (Å²) in [7, 11) is 0. The molecule has 23 heavy (non-hydrogen) atoms. The predicted octanol–water partition coefficient (Wildman–Crippen LogP) is 3.56. The molecule has 118 valence electrons. The first-order valence-corrected chi connectivity index (χ1v) is 8.88. The Labute approximate surface area is 136 Å². The van der Waals surface area contributed by atoms with Crippen molar-refractivity contribution in [2.45, 2.75) is 38.6 Å². The molecule has 2 heterocycles. The predicted molar refractivity (Wildman–Crippen MR) is 89.9 cm³/mol. The summed E-state index contributed by atoms with van der Waals surface area (Å²) in [5.41, 5.74) is 2.14. The highest BCUT2D eigenvalue weighted by atomic mass is 15.1. The van der Waals surface area contributed by atoms with Crippen molar-refractivity contribution in [2.75, 3.05) is 5.32 Å². The first-order valence-electron chi connectivity index (χ1n) is 8.88. The molecule has 0 aliphatic heterocycles. The summed E-state index contributed by atoms with van der Waals surface area (Å²) in [6.45, 7) is 2.15. The molecule has 0 aromatic carbocycles. The average Bonchev–Trinajstić information content (AvgIpc) is 2.98. The van der Waals surface area contributed by atoms with Gasteiger partial charge in [-0.15, -0.1) is 0 Å². The summed E-state index contributed by atoms with van der Waals surface area (Å²) < 4.78 is 0. The van der Waals surface area contributed by atoms with Crippen LogP contribution in [0.25, 0.3) is 11.4 Å². The van der Waals surface area contributed by atoms with E-state index in [0.29, 0.717) is 6.04 Å². The van der Waals surface area contributed by atoms with E-state index in [1.54, 1.807) is 12.4 Å². The fourth-order valence-electron chi connectivity index (χ4n) is 5.07. The second kappa shape index (κ2) is 5.02. The van der Waals surface area contributed by atoms with Crippen LogP contribution in [0.3, 0.4) is 0 Å². The van der Waals surface area contributed by atoms with Crippen LogP contribution >= 0.6 is 0 Å². The fourth-order valence-corrected chi connectivity index (χ4v) is 5.07. The van der Waals surface area contributed by atoms with Gasteiger partial charge in [-0.05, 0) is 61.5 Å². The van der Waals surface area contributed by atoms with Crippen molar-refractivity contribution >= 4 is 5.82 Å². The second-order valence-corrected chi connectivity index (χ2v) is 7.32. The average molecular weight is 306 g/mol. The van der Waals surface area contributed by atoms with E-state index in [4.69, 9.17) is 4.98 Å². The number of fused-ring (bicyclic) bond motifs is 5. The van der Waals surface area contributed by atoms with Gasteiger partial charge in [0.05, 0.1) is 0 Å². The molecule has 0 spiro atoms. The number of hydrogen-bond donors (Lipinski definition) is 1. The third-order valence-corrected chi connectivity index (χ3v) is 6.13. The van der Waals surface area contributed by atoms with E-state index in [-0.39, 0.29) is 0 Å². The van der Waals surface area contributed by atoms with Crippen molar-refractivity contribution in [3.05, 3.63) is 36.3 Å². The van der Waals surface area contributed by atoms with Crippen molar-refractivity contribution < 1.29 is 0 Å². The van der Waals surface area contributed by atoms with E-state index in [0.717, 1.165) is 53.0 Å². The van der Waals surface area contributed by atoms with Crippen LogP contribution in [0.15, 0.2) is 30.6 Å². The van der Waals surface area contributed by atoms with Gasteiger partial charge in [-0.3, -0.25) is 4.98 Å². The van der Waals surface area contributed by atoms with Gasteiger partial charge >= 0.3 is 0 Å². The molecule has 2 aromatic rings. The van der Waals surface area contributed by atoms with Crippen LogP contribution in [0, 0.1) is 23.7 Å². The maximum Gasteiger partial charge on any atom is 0.161 e. The Morgan fingerprint density at radius 1 is 1.09 bits per heavy atom. The third-order valence-electron chi connectivity index (χ3n) is 6.13. The Bertz CT molecular complexity index is 713. The lowest BCUT2D eigenvalue weighted by molar-refractivity contribution is 0.456. The normalized spacial score (nSPS) is 33.5. The van der Waals surface area contributed by atoms with Gasteiger partial charge in [0, 0.05) is 35.8 Å². The highest BCUT2D eigenvalue weighted by molar-refractivity contribution is 5.57. The number of hydrogen-bond acceptors (Lipinski definition) is 4. The SMILES string of the molecule is CCc1cc(NC2C3C4CCC(C4)C23)nc(-c2ccncc2)n1. The zero-order valence-corrected chi connectivity index (χ0v) is 13.4. The molecule has 4 atom stereocenters. The van der Waals surface area contributed by atoms with E-state index in [1.165, 1.54) is 19.3 Å². The summed E-state index contributed by atoms with van der Waals surface area (Å²) in [5.74, 6) is 5.60. The Kier molecular flexibility index (Phi) is 2.94. The van der Waals surface area contributed by atoms with Gasteiger partial charge in [0.2, 0.25) is 0 Å². The van der Waals surface area contributed by atoms with E-state index >= 15 is 0 Å². The molecule has 2 aromatic heterocycles. The summed E-state index contributed by atoms with van der Waals surface area (Å²) >= 11 is 0. The van der Waals surface area contributed by atoms with Crippen molar-refractivity contribution in [3.63, 3.8) is 0 Å². The number of nitrogens with zero attached hydrogens (tertiary/aromatic N) is 3. The Balaban J connectivity index is 1.42. The number of rotatable bonds is 4. The van der Waals surface area contributed by atoms with E-state index in [9.17, 15) is 0 Å². The lowest BCUT2D eigenvalue weighted by atomic mass is 10.0. The molecule has 3 aliphatic carbocycles. The first kappa shape index (κ1) is 13.5. The zero-order chi connectivity index (χ0) is 15.4. The largest absolute Gasteiger partial charge is 0.367 e. The molecule has 3 aliphatic rings. The van der Waals surface area contributed by atoms with Crippen LogP contribution in [-0.2, 0) is 6.42 Å². The van der Waals surface area contributed by atoms with Crippen LogP contribution < -0.4 is 5.32 Å². The highest BCUT2D eigenvalue weighted by Gasteiger charge is 2.65. The lowest BCUT2D eigenvalue weighted by Gasteiger charge is -2.13. The van der Waals surface area contributed by atoms with Crippen LogP contribution in [-0.4, -0.2) is 21.0 Å².